The van der Waals surface area contributed by atoms with Crippen molar-refractivity contribution in [2.75, 3.05) is 11.3 Å². The molecule has 0 fully saturated rings. The smallest absolute Gasteiger partial charge is 0.311 e. The second kappa shape index (κ2) is 6.76. The summed E-state index contributed by atoms with van der Waals surface area (Å²) >= 11 is 5.56. The van der Waals surface area contributed by atoms with Gasteiger partial charge in [0.25, 0.3) is 0 Å². The van der Waals surface area contributed by atoms with Crippen molar-refractivity contribution in [3.63, 3.8) is 0 Å². The van der Waals surface area contributed by atoms with Gasteiger partial charge in [-0.15, -0.1) is 11.6 Å². The fourth-order valence-electron chi connectivity index (χ4n) is 1.52. The first kappa shape index (κ1) is 14.2. The van der Waals surface area contributed by atoms with Crippen LogP contribution in [0.3, 0.4) is 0 Å². The van der Waals surface area contributed by atoms with Crippen molar-refractivity contribution in [2.24, 2.45) is 0 Å². The minimum Gasteiger partial charge on any atom is -0.366 e. The van der Waals surface area contributed by atoms with Crippen LogP contribution in [0.15, 0.2) is 30.5 Å². The summed E-state index contributed by atoms with van der Waals surface area (Å²) in [6, 6.07) is 7.29. The van der Waals surface area contributed by atoms with Crippen molar-refractivity contribution in [2.45, 2.75) is 13.8 Å². The molecule has 0 aliphatic rings. The topological polar surface area (TPSA) is 68.1 Å². The molecule has 18 heavy (non-hydrogen) atoms. The Bertz CT molecular complexity index is 546. The van der Waals surface area contributed by atoms with Crippen molar-refractivity contribution in [3.05, 3.63) is 40.6 Å². The molecule has 1 N–H and O–H groups in total. The highest BCUT2D eigenvalue weighted by atomic mass is 35.5. The van der Waals surface area contributed by atoms with E-state index in [4.69, 9.17) is 11.6 Å². The second-order valence-electron chi connectivity index (χ2n) is 3.10. The van der Waals surface area contributed by atoms with Gasteiger partial charge in [0.1, 0.15) is 11.9 Å². The van der Waals surface area contributed by atoms with E-state index in [1.807, 2.05) is 19.9 Å². The predicted molar refractivity (Wildman–Crippen MR) is 74.1 cm³/mol. The Hall–Kier alpha value is -1.88. The van der Waals surface area contributed by atoms with E-state index in [0.717, 1.165) is 0 Å². The van der Waals surface area contributed by atoms with Crippen LogP contribution in [-0.4, -0.2) is 15.9 Å². The van der Waals surface area contributed by atoms with Crippen molar-refractivity contribution < 1.29 is 4.92 Å². The quantitative estimate of drug-likeness (QED) is 0.398. The molecule has 1 aromatic heterocycles. The molecule has 0 atom stereocenters. The summed E-state index contributed by atoms with van der Waals surface area (Å²) < 4.78 is 0. The highest BCUT2D eigenvalue weighted by Gasteiger charge is 2.16. The summed E-state index contributed by atoms with van der Waals surface area (Å²) in [4.78, 5) is 14.4. The lowest BCUT2D eigenvalue weighted by atomic mass is 10.1. The van der Waals surface area contributed by atoms with Gasteiger partial charge in [0.15, 0.2) is 0 Å². The van der Waals surface area contributed by atoms with Gasteiger partial charge >= 0.3 is 5.69 Å². The Labute approximate surface area is 110 Å². The lowest BCUT2D eigenvalue weighted by molar-refractivity contribution is -0.384. The second-order valence-corrected chi connectivity index (χ2v) is 3.37. The van der Waals surface area contributed by atoms with E-state index in [1.165, 1.54) is 6.20 Å². The number of benzene rings is 1. The van der Waals surface area contributed by atoms with Crippen LogP contribution >= 0.6 is 11.6 Å². The molecule has 0 aliphatic carbocycles. The van der Waals surface area contributed by atoms with Crippen LogP contribution in [0.5, 0.6) is 0 Å². The molecule has 0 amide bonds. The molecule has 6 heteroatoms. The fourth-order valence-corrected chi connectivity index (χ4v) is 1.66. The van der Waals surface area contributed by atoms with Crippen molar-refractivity contribution in [3.8, 4) is 0 Å². The summed E-state index contributed by atoms with van der Waals surface area (Å²) in [5, 5.41) is 14.3. The Morgan fingerprint density at radius 2 is 2.06 bits per heavy atom. The third-order valence-corrected chi connectivity index (χ3v) is 2.33. The van der Waals surface area contributed by atoms with E-state index in [9.17, 15) is 10.1 Å². The van der Waals surface area contributed by atoms with Gasteiger partial charge in [0.2, 0.25) is 0 Å². The summed E-state index contributed by atoms with van der Waals surface area (Å²) in [5.41, 5.74) is 1.03. The lowest BCUT2D eigenvalue weighted by Crippen LogP contribution is -2.01. The zero-order valence-corrected chi connectivity index (χ0v) is 10.9. The van der Waals surface area contributed by atoms with Crippen LogP contribution in [0.1, 0.15) is 13.8 Å². The van der Waals surface area contributed by atoms with E-state index < -0.39 is 4.92 Å². The SMILES string of the molecule is CC.O=[N+]([O-])c1cnc2ccccc2c1NCCl. The Kier molecular flexibility index (Phi) is 5.32. The maximum Gasteiger partial charge on any atom is 0.311 e. The van der Waals surface area contributed by atoms with Crippen molar-refractivity contribution in [1.82, 2.24) is 4.98 Å². The molecule has 96 valence electrons. The number of hydrogen-bond acceptors (Lipinski definition) is 4. The largest absolute Gasteiger partial charge is 0.366 e. The highest BCUT2D eigenvalue weighted by Crippen LogP contribution is 2.31. The summed E-state index contributed by atoms with van der Waals surface area (Å²) in [6.07, 6.45) is 1.23. The van der Waals surface area contributed by atoms with E-state index in [0.29, 0.717) is 16.6 Å². The zero-order valence-electron chi connectivity index (χ0n) is 10.2. The molecule has 2 aromatic rings. The monoisotopic (exact) mass is 267 g/mol. The summed E-state index contributed by atoms with van der Waals surface area (Å²) in [6.45, 7) is 4.00. The number of pyridine rings is 1. The molecule has 0 aliphatic heterocycles. The Balaban J connectivity index is 0.000000771. The van der Waals surface area contributed by atoms with Gasteiger partial charge in [-0.25, -0.2) is 4.98 Å². The molecule has 0 saturated heterocycles. The van der Waals surface area contributed by atoms with Crippen LogP contribution < -0.4 is 5.32 Å². The van der Waals surface area contributed by atoms with Gasteiger partial charge in [0.05, 0.1) is 16.4 Å². The number of nitro groups is 1. The highest BCUT2D eigenvalue weighted by molar-refractivity contribution is 6.19. The number of hydrogen-bond donors (Lipinski definition) is 1. The Morgan fingerprint density at radius 3 is 2.67 bits per heavy atom. The molecule has 0 bridgehead atoms. The van der Waals surface area contributed by atoms with Gasteiger partial charge in [-0.3, -0.25) is 10.1 Å². The maximum atomic E-state index is 10.8. The van der Waals surface area contributed by atoms with Gasteiger partial charge in [-0.2, -0.15) is 0 Å². The van der Waals surface area contributed by atoms with Crippen molar-refractivity contribution in [1.29, 1.82) is 0 Å². The molecule has 1 aromatic carbocycles. The fraction of sp³-hybridized carbons (Fsp3) is 0.250. The first-order chi connectivity index (χ1) is 8.74. The standard InChI is InChI=1S/C10H8ClN3O2.C2H6/c11-6-13-10-7-3-1-2-4-8(7)12-5-9(10)14(15)16;1-2/h1-5H,6H2,(H,12,13);1-2H3. The summed E-state index contributed by atoms with van der Waals surface area (Å²) in [7, 11) is 0. The minimum absolute atomic E-state index is 0.0700. The molecular formula is C12H14ClN3O2. The van der Waals surface area contributed by atoms with Crippen LogP contribution in [0, 0.1) is 10.1 Å². The average Bonchev–Trinajstić information content (AvgIpc) is 2.41. The number of nitrogens with one attached hydrogen (secondary N) is 1. The number of anilines is 1. The predicted octanol–water partition coefficient (Wildman–Crippen LogP) is 3.78. The number of fused-ring (bicyclic) bond motifs is 1. The average molecular weight is 268 g/mol. The Morgan fingerprint density at radius 1 is 1.39 bits per heavy atom. The lowest BCUT2D eigenvalue weighted by Gasteiger charge is -2.06. The molecule has 0 spiro atoms. The van der Waals surface area contributed by atoms with Crippen LogP contribution in [0.25, 0.3) is 10.9 Å². The molecule has 5 nitrogen and oxygen atoms in total. The first-order valence-corrected chi connectivity index (χ1v) is 6.09. The number of aromatic nitrogens is 1. The zero-order chi connectivity index (χ0) is 13.5. The number of rotatable bonds is 3. The molecule has 0 saturated carbocycles. The van der Waals surface area contributed by atoms with Gasteiger partial charge < -0.3 is 5.32 Å². The number of halogens is 1. The van der Waals surface area contributed by atoms with E-state index in [2.05, 4.69) is 10.3 Å². The van der Waals surface area contributed by atoms with E-state index in [1.54, 1.807) is 18.2 Å². The molecule has 0 unspecified atom stereocenters. The van der Waals surface area contributed by atoms with Crippen molar-refractivity contribution >= 4 is 33.9 Å². The van der Waals surface area contributed by atoms with Crippen LogP contribution in [0.2, 0.25) is 0 Å². The molecule has 1 heterocycles. The third-order valence-electron chi connectivity index (χ3n) is 2.20. The maximum absolute atomic E-state index is 10.8. The number of nitrogens with zero attached hydrogens (tertiary/aromatic N) is 2. The van der Waals surface area contributed by atoms with Gasteiger partial charge in [0, 0.05) is 5.39 Å². The summed E-state index contributed by atoms with van der Waals surface area (Å²) in [5.74, 6) is 0. The minimum atomic E-state index is -0.478. The van der Waals surface area contributed by atoms with E-state index >= 15 is 0 Å². The molecule has 0 radical (unpaired) electrons. The first-order valence-electron chi connectivity index (χ1n) is 5.56. The van der Waals surface area contributed by atoms with E-state index in [-0.39, 0.29) is 11.7 Å². The van der Waals surface area contributed by atoms with Crippen LogP contribution in [0.4, 0.5) is 11.4 Å². The molecular weight excluding hydrogens is 254 g/mol. The van der Waals surface area contributed by atoms with Gasteiger partial charge in [-0.1, -0.05) is 32.0 Å². The van der Waals surface area contributed by atoms with Crippen LogP contribution in [-0.2, 0) is 0 Å². The van der Waals surface area contributed by atoms with Gasteiger partial charge in [-0.05, 0) is 6.07 Å². The third kappa shape index (κ3) is 2.87. The number of alkyl halides is 1. The normalized spacial score (nSPS) is 9.50. The molecule has 2 rings (SSSR count). The number of para-hydroxylation sites is 1.